The van der Waals surface area contributed by atoms with Gasteiger partial charge in [0.2, 0.25) is 0 Å². The summed E-state index contributed by atoms with van der Waals surface area (Å²) < 4.78 is 1.66. The maximum atomic E-state index is 6.05. The molecule has 0 bridgehead atoms. The molecule has 0 aliphatic heterocycles. The molecule has 1 aromatic heterocycles. The number of nitrogens with two attached hydrogens (primary N) is 1. The Kier molecular flexibility index (Phi) is 3.43. The molecule has 0 atom stereocenters. The first-order chi connectivity index (χ1) is 7.70. The number of hydrogen-bond acceptors (Lipinski definition) is 3. The monoisotopic (exact) mass is 256 g/mol. The fourth-order valence-corrected chi connectivity index (χ4v) is 1.87. The normalized spacial score (nSPS) is 10.7. The molecule has 1 heterocycles. The minimum atomic E-state index is 0.371. The number of nitrogens with zero attached hydrogens (tertiary/aromatic N) is 3. The van der Waals surface area contributed by atoms with E-state index in [1.54, 1.807) is 29.1 Å². The summed E-state index contributed by atoms with van der Waals surface area (Å²) >= 11 is 12.1. The minimum absolute atomic E-state index is 0.371. The van der Waals surface area contributed by atoms with Crippen LogP contribution in [0.15, 0.2) is 24.4 Å². The highest BCUT2D eigenvalue weighted by Gasteiger charge is 2.07. The zero-order valence-corrected chi connectivity index (χ0v) is 9.91. The number of hydrogen-bond donors (Lipinski definition) is 1. The van der Waals surface area contributed by atoms with Crippen LogP contribution in [0.5, 0.6) is 0 Å². The minimum Gasteiger partial charge on any atom is -0.325 e. The molecule has 0 unspecified atom stereocenters. The lowest BCUT2D eigenvalue weighted by molar-refractivity contribution is 0.649. The average Bonchev–Trinajstić information content (AvgIpc) is 2.71. The largest absolute Gasteiger partial charge is 0.325 e. The molecule has 0 fully saturated rings. The Morgan fingerprint density at radius 3 is 2.50 bits per heavy atom. The molecule has 0 saturated carbocycles. The lowest BCUT2D eigenvalue weighted by Crippen LogP contribution is -2.02. The van der Waals surface area contributed by atoms with Gasteiger partial charge in [-0.1, -0.05) is 34.5 Å². The topological polar surface area (TPSA) is 56.7 Å². The highest BCUT2D eigenvalue weighted by molar-refractivity contribution is 6.35. The van der Waals surface area contributed by atoms with Gasteiger partial charge in [-0.2, -0.15) is 0 Å². The van der Waals surface area contributed by atoms with Gasteiger partial charge in [0.25, 0.3) is 0 Å². The maximum Gasteiger partial charge on any atom is 0.0962 e. The molecule has 4 nitrogen and oxygen atoms in total. The first-order valence-corrected chi connectivity index (χ1v) is 5.48. The van der Waals surface area contributed by atoms with E-state index >= 15 is 0 Å². The van der Waals surface area contributed by atoms with Crippen LogP contribution in [0.1, 0.15) is 11.3 Å². The second-order valence-electron chi connectivity index (χ2n) is 3.31. The molecule has 2 rings (SSSR count). The van der Waals surface area contributed by atoms with Crippen molar-refractivity contribution in [2.45, 2.75) is 13.1 Å². The molecule has 0 spiro atoms. The summed E-state index contributed by atoms with van der Waals surface area (Å²) in [6.07, 6.45) is 1.78. The SMILES string of the molecule is NCc1cn(Cc2c(Cl)cccc2Cl)nn1. The molecule has 1 aromatic carbocycles. The summed E-state index contributed by atoms with van der Waals surface area (Å²) in [6.45, 7) is 0.863. The van der Waals surface area contributed by atoms with Crippen molar-refractivity contribution in [3.8, 4) is 0 Å². The molecule has 6 heteroatoms. The van der Waals surface area contributed by atoms with Crippen LogP contribution < -0.4 is 5.73 Å². The molecule has 2 N–H and O–H groups in total. The van der Waals surface area contributed by atoms with E-state index in [0.29, 0.717) is 23.1 Å². The smallest absolute Gasteiger partial charge is 0.0962 e. The number of benzene rings is 1. The van der Waals surface area contributed by atoms with E-state index in [9.17, 15) is 0 Å². The standard InChI is InChI=1S/C10H10Cl2N4/c11-9-2-1-3-10(12)8(9)6-16-5-7(4-13)14-15-16/h1-3,5H,4,6,13H2. The average molecular weight is 257 g/mol. The molecular weight excluding hydrogens is 247 g/mol. The van der Waals surface area contributed by atoms with Crippen LogP contribution in [0.2, 0.25) is 10.0 Å². The van der Waals surface area contributed by atoms with Gasteiger partial charge in [0.1, 0.15) is 0 Å². The Labute approximate surface area is 103 Å². The van der Waals surface area contributed by atoms with Gasteiger partial charge in [-0.05, 0) is 12.1 Å². The van der Waals surface area contributed by atoms with E-state index in [2.05, 4.69) is 10.3 Å². The molecule has 0 aliphatic rings. The van der Waals surface area contributed by atoms with Gasteiger partial charge in [-0.15, -0.1) is 5.10 Å². The molecule has 16 heavy (non-hydrogen) atoms. The lowest BCUT2D eigenvalue weighted by Gasteiger charge is -2.05. The predicted octanol–water partition coefficient (Wildman–Crippen LogP) is 2.09. The summed E-state index contributed by atoms with van der Waals surface area (Å²) in [6, 6.07) is 5.40. The molecule has 0 amide bonds. The van der Waals surface area contributed by atoms with E-state index < -0.39 is 0 Å². The third-order valence-corrected chi connectivity index (χ3v) is 2.89. The summed E-state index contributed by atoms with van der Waals surface area (Å²) in [5.41, 5.74) is 7.02. The zero-order valence-electron chi connectivity index (χ0n) is 8.40. The molecule has 0 aliphatic carbocycles. The second-order valence-corrected chi connectivity index (χ2v) is 4.13. The first-order valence-electron chi connectivity index (χ1n) is 4.72. The Bertz CT molecular complexity index is 475. The quantitative estimate of drug-likeness (QED) is 0.915. The number of aromatic nitrogens is 3. The van der Waals surface area contributed by atoms with Gasteiger partial charge >= 0.3 is 0 Å². The molecule has 0 radical (unpaired) electrons. The van der Waals surface area contributed by atoms with Crippen LogP contribution in [-0.2, 0) is 13.1 Å². The Morgan fingerprint density at radius 1 is 1.25 bits per heavy atom. The van der Waals surface area contributed by atoms with E-state index in [4.69, 9.17) is 28.9 Å². The maximum absolute atomic E-state index is 6.05. The van der Waals surface area contributed by atoms with Crippen molar-refractivity contribution in [1.82, 2.24) is 15.0 Å². The van der Waals surface area contributed by atoms with E-state index in [-0.39, 0.29) is 0 Å². The van der Waals surface area contributed by atoms with Crippen molar-refractivity contribution in [2.75, 3.05) is 0 Å². The van der Waals surface area contributed by atoms with Crippen LogP contribution >= 0.6 is 23.2 Å². The Balaban J connectivity index is 2.26. The van der Waals surface area contributed by atoms with Gasteiger partial charge in [0, 0.05) is 22.2 Å². The molecular formula is C10H10Cl2N4. The summed E-state index contributed by atoms with van der Waals surface area (Å²) in [7, 11) is 0. The molecule has 0 saturated heterocycles. The van der Waals surface area contributed by atoms with Crippen molar-refractivity contribution in [1.29, 1.82) is 0 Å². The van der Waals surface area contributed by atoms with Gasteiger partial charge in [-0.25, -0.2) is 4.68 Å². The van der Waals surface area contributed by atoms with Gasteiger partial charge in [0.15, 0.2) is 0 Å². The molecule has 2 aromatic rings. The van der Waals surface area contributed by atoms with Crippen LogP contribution in [0.4, 0.5) is 0 Å². The van der Waals surface area contributed by atoms with Crippen LogP contribution in [0.3, 0.4) is 0 Å². The van der Waals surface area contributed by atoms with Crippen molar-refractivity contribution in [3.05, 3.63) is 45.7 Å². The van der Waals surface area contributed by atoms with E-state index in [1.165, 1.54) is 0 Å². The van der Waals surface area contributed by atoms with Crippen LogP contribution in [-0.4, -0.2) is 15.0 Å². The Morgan fingerprint density at radius 2 is 1.94 bits per heavy atom. The van der Waals surface area contributed by atoms with Gasteiger partial charge < -0.3 is 5.73 Å². The Hall–Kier alpha value is -1.10. The predicted molar refractivity (Wildman–Crippen MR) is 63.5 cm³/mol. The zero-order chi connectivity index (χ0) is 11.5. The van der Waals surface area contributed by atoms with Crippen LogP contribution in [0, 0.1) is 0 Å². The molecule has 84 valence electrons. The van der Waals surface area contributed by atoms with Gasteiger partial charge in [-0.3, -0.25) is 0 Å². The third kappa shape index (κ3) is 2.35. The van der Waals surface area contributed by atoms with E-state index in [0.717, 1.165) is 11.3 Å². The number of rotatable bonds is 3. The lowest BCUT2D eigenvalue weighted by atomic mass is 10.2. The van der Waals surface area contributed by atoms with Crippen LogP contribution in [0.25, 0.3) is 0 Å². The van der Waals surface area contributed by atoms with Crippen molar-refractivity contribution in [3.63, 3.8) is 0 Å². The highest BCUT2D eigenvalue weighted by Crippen LogP contribution is 2.24. The van der Waals surface area contributed by atoms with Gasteiger partial charge in [0.05, 0.1) is 18.4 Å². The second kappa shape index (κ2) is 4.82. The van der Waals surface area contributed by atoms with Crippen molar-refractivity contribution < 1.29 is 0 Å². The number of halogens is 2. The summed E-state index contributed by atoms with van der Waals surface area (Å²) in [5, 5.41) is 9.07. The summed E-state index contributed by atoms with van der Waals surface area (Å²) in [4.78, 5) is 0. The fraction of sp³-hybridized carbons (Fsp3) is 0.200. The first kappa shape index (κ1) is 11.4. The third-order valence-electron chi connectivity index (χ3n) is 2.18. The van der Waals surface area contributed by atoms with Crippen molar-refractivity contribution in [2.24, 2.45) is 5.73 Å². The van der Waals surface area contributed by atoms with Crippen molar-refractivity contribution >= 4 is 23.2 Å². The fourth-order valence-electron chi connectivity index (χ4n) is 1.35. The summed E-state index contributed by atoms with van der Waals surface area (Å²) in [5.74, 6) is 0. The highest BCUT2D eigenvalue weighted by atomic mass is 35.5. The van der Waals surface area contributed by atoms with E-state index in [1.807, 2.05) is 0 Å².